The molecule has 1 aliphatic heterocycles. The van der Waals surface area contributed by atoms with Crippen LogP contribution in [0.2, 0.25) is 0 Å². The standard InChI is InChI=1S/C27H30F5N7O5/c1-13-19(38-44-37-13)23(40)35-20(14-6-8-26(28,29)9-7-14)22-34-17-5-4-16(33-21(17)36-22)18-12-25(42,27(30,31)32)10-11-39(18)24(41)43-15-2-3-15/h4-5,14-15,18,20,42H,2-3,6-12H2,1H3,(H,35,40)(H,33,34,36)/t18-,20-,25+/m0/s1. The fourth-order valence-electron chi connectivity index (χ4n) is 5.84. The zero-order valence-electron chi connectivity index (χ0n) is 23.5. The maximum atomic E-state index is 14.0. The van der Waals surface area contributed by atoms with Crippen molar-refractivity contribution in [2.45, 2.75) is 94.2 Å². The third kappa shape index (κ3) is 5.93. The lowest BCUT2D eigenvalue weighted by atomic mass is 9.81. The van der Waals surface area contributed by atoms with Gasteiger partial charge in [-0.25, -0.2) is 28.2 Å². The van der Waals surface area contributed by atoms with Gasteiger partial charge in [0.05, 0.1) is 23.3 Å². The Balaban J connectivity index is 1.32. The summed E-state index contributed by atoms with van der Waals surface area (Å²) in [7, 11) is 0. The molecule has 44 heavy (non-hydrogen) atoms. The van der Waals surface area contributed by atoms with Gasteiger partial charge in [0.1, 0.15) is 17.6 Å². The molecule has 0 bridgehead atoms. The first-order valence-electron chi connectivity index (χ1n) is 14.3. The van der Waals surface area contributed by atoms with Crippen LogP contribution < -0.4 is 5.32 Å². The fraction of sp³-hybridized carbons (Fsp3) is 0.630. The summed E-state index contributed by atoms with van der Waals surface area (Å²) >= 11 is 0. The Bertz CT molecular complexity index is 1550. The Morgan fingerprint density at radius 2 is 1.86 bits per heavy atom. The molecule has 238 valence electrons. The van der Waals surface area contributed by atoms with Gasteiger partial charge in [-0.3, -0.25) is 9.69 Å². The number of halogens is 5. The minimum atomic E-state index is -4.94. The number of piperidine rings is 1. The van der Waals surface area contributed by atoms with E-state index in [0.29, 0.717) is 18.4 Å². The molecule has 2 saturated carbocycles. The van der Waals surface area contributed by atoms with E-state index in [0.717, 1.165) is 4.90 Å². The highest BCUT2D eigenvalue weighted by atomic mass is 19.4. The lowest BCUT2D eigenvalue weighted by molar-refractivity contribution is -0.276. The van der Waals surface area contributed by atoms with Gasteiger partial charge in [0, 0.05) is 32.2 Å². The summed E-state index contributed by atoms with van der Waals surface area (Å²) in [6.07, 6.45) is -6.86. The summed E-state index contributed by atoms with van der Waals surface area (Å²) in [5, 5.41) is 20.5. The number of fused-ring (bicyclic) bond motifs is 1. The van der Waals surface area contributed by atoms with Gasteiger partial charge in [-0.05, 0) is 55.8 Å². The Morgan fingerprint density at radius 3 is 2.50 bits per heavy atom. The number of nitrogens with zero attached hydrogens (tertiary/aromatic N) is 5. The number of aromatic nitrogens is 5. The van der Waals surface area contributed by atoms with Gasteiger partial charge in [-0.2, -0.15) is 13.2 Å². The third-order valence-corrected chi connectivity index (χ3v) is 8.64. The topological polar surface area (TPSA) is 159 Å². The molecule has 6 rings (SSSR count). The molecule has 3 fully saturated rings. The summed E-state index contributed by atoms with van der Waals surface area (Å²) in [4.78, 5) is 39.0. The van der Waals surface area contributed by atoms with Gasteiger partial charge in [0.2, 0.25) is 5.92 Å². The van der Waals surface area contributed by atoms with Crippen molar-refractivity contribution >= 4 is 23.2 Å². The number of likely N-dealkylation sites (tertiary alicyclic amines) is 1. The molecule has 2 aliphatic carbocycles. The Morgan fingerprint density at radius 1 is 1.14 bits per heavy atom. The van der Waals surface area contributed by atoms with E-state index in [1.54, 1.807) is 0 Å². The maximum Gasteiger partial charge on any atom is 0.417 e. The highest BCUT2D eigenvalue weighted by molar-refractivity contribution is 5.93. The molecule has 0 aromatic carbocycles. The summed E-state index contributed by atoms with van der Waals surface area (Å²) in [6.45, 7) is 1.11. The molecule has 3 aliphatic rings. The summed E-state index contributed by atoms with van der Waals surface area (Å²) in [5.74, 6) is -3.72. The van der Waals surface area contributed by atoms with E-state index in [1.807, 2.05) is 0 Å². The van der Waals surface area contributed by atoms with Crippen LogP contribution >= 0.6 is 0 Å². The molecule has 1 saturated heterocycles. The molecular weight excluding hydrogens is 597 g/mol. The number of alkyl halides is 5. The number of rotatable bonds is 6. The van der Waals surface area contributed by atoms with E-state index in [9.17, 15) is 36.6 Å². The first-order valence-corrected chi connectivity index (χ1v) is 14.3. The number of carbonyl (C=O) groups excluding carboxylic acids is 2. The molecule has 3 aromatic rings. The molecule has 0 radical (unpaired) electrons. The van der Waals surface area contributed by atoms with Gasteiger partial charge in [-0.1, -0.05) is 5.16 Å². The zero-order chi connectivity index (χ0) is 31.4. The molecule has 0 spiro atoms. The van der Waals surface area contributed by atoms with Crippen LogP contribution in [-0.4, -0.2) is 77.6 Å². The van der Waals surface area contributed by atoms with Crippen molar-refractivity contribution in [2.24, 2.45) is 5.92 Å². The lowest BCUT2D eigenvalue weighted by Gasteiger charge is -2.43. The number of amides is 2. The number of pyridine rings is 1. The predicted molar refractivity (Wildman–Crippen MR) is 139 cm³/mol. The quantitative estimate of drug-likeness (QED) is 0.330. The molecule has 3 N–H and O–H groups in total. The van der Waals surface area contributed by atoms with Crippen molar-refractivity contribution in [3.63, 3.8) is 0 Å². The second kappa shape index (κ2) is 10.9. The normalized spacial score (nSPS) is 25.2. The number of carbonyl (C=O) groups is 2. The van der Waals surface area contributed by atoms with Crippen molar-refractivity contribution in [3.05, 3.63) is 35.0 Å². The number of hydrogen-bond acceptors (Lipinski definition) is 9. The van der Waals surface area contributed by atoms with Gasteiger partial charge in [-0.15, -0.1) is 0 Å². The molecular formula is C27H30F5N7O5. The van der Waals surface area contributed by atoms with Crippen molar-refractivity contribution in [2.75, 3.05) is 6.54 Å². The van der Waals surface area contributed by atoms with Gasteiger partial charge in [0.25, 0.3) is 5.91 Å². The number of H-pyrrole nitrogens is 1. The smallest absolute Gasteiger partial charge is 0.417 e. The lowest BCUT2D eigenvalue weighted by Crippen LogP contribution is -2.55. The number of aryl methyl sites for hydroxylation is 1. The monoisotopic (exact) mass is 627 g/mol. The fourth-order valence-corrected chi connectivity index (χ4v) is 5.84. The van der Waals surface area contributed by atoms with Crippen LogP contribution in [0.1, 0.15) is 91.2 Å². The van der Waals surface area contributed by atoms with Crippen molar-refractivity contribution < 1.29 is 46.0 Å². The molecule has 3 atom stereocenters. The Hall–Kier alpha value is -3.89. The predicted octanol–water partition coefficient (Wildman–Crippen LogP) is 4.68. The van der Waals surface area contributed by atoms with Crippen LogP contribution in [-0.2, 0) is 4.74 Å². The van der Waals surface area contributed by atoms with E-state index in [1.165, 1.54) is 19.1 Å². The highest BCUT2D eigenvalue weighted by Crippen LogP contribution is 2.46. The maximum absolute atomic E-state index is 14.0. The molecule has 3 aromatic heterocycles. The van der Waals surface area contributed by atoms with E-state index in [2.05, 4.69) is 35.2 Å². The highest BCUT2D eigenvalue weighted by Gasteiger charge is 2.58. The number of ether oxygens (including phenoxy) is 1. The zero-order valence-corrected chi connectivity index (χ0v) is 23.5. The first kappa shape index (κ1) is 30.1. The van der Waals surface area contributed by atoms with E-state index >= 15 is 0 Å². The van der Waals surface area contributed by atoms with Gasteiger partial charge >= 0.3 is 12.3 Å². The van der Waals surface area contributed by atoms with Gasteiger partial charge < -0.3 is 20.1 Å². The molecule has 0 unspecified atom stereocenters. The van der Waals surface area contributed by atoms with Crippen LogP contribution in [0.25, 0.3) is 11.2 Å². The van der Waals surface area contributed by atoms with E-state index < -0.39 is 67.1 Å². The van der Waals surface area contributed by atoms with Crippen LogP contribution in [0.15, 0.2) is 16.8 Å². The van der Waals surface area contributed by atoms with E-state index in [4.69, 9.17) is 4.74 Å². The average Bonchev–Trinajstić information content (AvgIpc) is 3.50. The van der Waals surface area contributed by atoms with Crippen molar-refractivity contribution in [1.29, 1.82) is 0 Å². The van der Waals surface area contributed by atoms with E-state index in [-0.39, 0.29) is 60.3 Å². The van der Waals surface area contributed by atoms with Gasteiger partial charge in [0.15, 0.2) is 16.9 Å². The summed E-state index contributed by atoms with van der Waals surface area (Å²) in [6, 6.07) is 0.792. The number of hydrogen-bond donors (Lipinski definition) is 3. The van der Waals surface area contributed by atoms with Crippen LogP contribution in [0, 0.1) is 12.8 Å². The molecule has 4 heterocycles. The minimum Gasteiger partial charge on any atom is -0.446 e. The second-order valence-electron chi connectivity index (χ2n) is 11.8. The van der Waals surface area contributed by atoms with Crippen molar-refractivity contribution in [1.82, 2.24) is 35.5 Å². The number of aliphatic hydroxyl groups is 1. The van der Waals surface area contributed by atoms with Crippen LogP contribution in [0.5, 0.6) is 0 Å². The minimum absolute atomic E-state index is 0.0489. The van der Waals surface area contributed by atoms with Crippen LogP contribution in [0.4, 0.5) is 26.7 Å². The summed E-state index contributed by atoms with van der Waals surface area (Å²) < 4.78 is 79.5. The average molecular weight is 628 g/mol. The summed E-state index contributed by atoms with van der Waals surface area (Å²) in [5.41, 5.74) is -2.43. The largest absolute Gasteiger partial charge is 0.446 e. The number of aromatic amines is 1. The Kier molecular flexibility index (Phi) is 7.49. The first-order chi connectivity index (χ1) is 20.7. The number of nitrogens with one attached hydrogen (secondary N) is 2. The third-order valence-electron chi connectivity index (χ3n) is 8.64. The SMILES string of the molecule is Cc1nonc1C(=O)N[C@H](c1nc2nc([C@@H]3C[C@@](O)(C(F)(F)F)CCN3C(=O)OC3CC3)ccc2[nH]1)C1CCC(F)(F)CC1. The second-order valence-corrected chi connectivity index (χ2v) is 11.8. The Labute approximate surface area is 246 Å². The molecule has 17 heteroatoms. The number of imidazole rings is 1. The van der Waals surface area contributed by atoms with Crippen molar-refractivity contribution in [3.8, 4) is 0 Å². The molecule has 2 amide bonds. The van der Waals surface area contributed by atoms with Crippen LogP contribution in [0.3, 0.4) is 0 Å². The molecule has 12 nitrogen and oxygen atoms in total.